The maximum absolute atomic E-state index is 12.5. The molecule has 0 aromatic heterocycles. The number of aliphatic hydroxyl groups excluding tert-OH is 1. The van der Waals surface area contributed by atoms with Gasteiger partial charge >= 0.3 is 0 Å². The average Bonchev–Trinajstić information content (AvgIpc) is 2.58. The van der Waals surface area contributed by atoms with Gasteiger partial charge in [-0.25, -0.2) is 0 Å². The molecule has 1 aliphatic carbocycles. The van der Waals surface area contributed by atoms with E-state index in [4.69, 9.17) is 4.74 Å². The van der Waals surface area contributed by atoms with E-state index in [-0.39, 0.29) is 24.0 Å². The first-order chi connectivity index (χ1) is 11.2. The molecule has 23 heavy (non-hydrogen) atoms. The van der Waals surface area contributed by atoms with Crippen LogP contribution in [-0.4, -0.2) is 24.2 Å². The second kappa shape index (κ2) is 6.84. The number of nitrogens with one attached hydrogen (secondary N) is 1. The van der Waals surface area contributed by atoms with Crippen molar-refractivity contribution in [2.45, 2.75) is 25.0 Å². The molecule has 120 valence electrons. The van der Waals surface area contributed by atoms with Crippen molar-refractivity contribution in [3.63, 3.8) is 0 Å². The molecule has 1 aliphatic rings. The van der Waals surface area contributed by atoms with Crippen molar-refractivity contribution in [3.8, 4) is 5.75 Å². The Kier molecular flexibility index (Phi) is 4.63. The number of rotatable bonds is 5. The molecule has 2 aromatic carbocycles. The number of methoxy groups -OCH3 is 1. The van der Waals surface area contributed by atoms with Gasteiger partial charge in [-0.05, 0) is 48.6 Å². The van der Waals surface area contributed by atoms with Crippen molar-refractivity contribution in [1.29, 1.82) is 0 Å². The zero-order chi connectivity index (χ0) is 16.2. The fraction of sp³-hybridized carbons (Fsp3) is 0.316. The maximum Gasteiger partial charge on any atom is 0.251 e. The van der Waals surface area contributed by atoms with Crippen LogP contribution in [0.2, 0.25) is 0 Å². The molecule has 0 saturated heterocycles. The Balaban J connectivity index is 1.76. The van der Waals surface area contributed by atoms with Crippen LogP contribution < -0.4 is 10.1 Å². The van der Waals surface area contributed by atoms with Gasteiger partial charge in [0.25, 0.3) is 5.91 Å². The molecule has 1 amide bonds. The fourth-order valence-corrected chi connectivity index (χ4v) is 3.00. The van der Waals surface area contributed by atoms with Crippen LogP contribution in [0.4, 0.5) is 0 Å². The van der Waals surface area contributed by atoms with Crippen molar-refractivity contribution in [3.05, 3.63) is 65.7 Å². The summed E-state index contributed by atoms with van der Waals surface area (Å²) in [5, 5.41) is 12.7. The van der Waals surface area contributed by atoms with Crippen LogP contribution in [0, 0.1) is 5.92 Å². The van der Waals surface area contributed by atoms with Crippen molar-refractivity contribution < 1.29 is 14.6 Å². The molecule has 4 nitrogen and oxygen atoms in total. The molecular weight excluding hydrogens is 290 g/mol. The molecular formula is C19H21NO3. The van der Waals surface area contributed by atoms with E-state index < -0.39 is 0 Å². The van der Waals surface area contributed by atoms with Gasteiger partial charge in [0.15, 0.2) is 0 Å². The van der Waals surface area contributed by atoms with E-state index in [0.29, 0.717) is 5.56 Å². The Bertz CT molecular complexity index is 648. The highest BCUT2D eigenvalue weighted by atomic mass is 16.5. The molecule has 0 aliphatic heterocycles. The van der Waals surface area contributed by atoms with Crippen LogP contribution in [-0.2, 0) is 0 Å². The Morgan fingerprint density at radius 3 is 2.35 bits per heavy atom. The number of amides is 1. The number of ether oxygens (including phenoxy) is 1. The summed E-state index contributed by atoms with van der Waals surface area (Å²) in [4.78, 5) is 12.5. The molecule has 0 radical (unpaired) electrons. The minimum atomic E-state index is -0.246. The van der Waals surface area contributed by atoms with E-state index in [1.54, 1.807) is 31.4 Å². The van der Waals surface area contributed by atoms with E-state index in [2.05, 4.69) is 5.32 Å². The van der Waals surface area contributed by atoms with Crippen molar-refractivity contribution in [1.82, 2.24) is 5.32 Å². The minimum Gasteiger partial charge on any atom is -0.497 e. The van der Waals surface area contributed by atoms with Gasteiger partial charge in [0.2, 0.25) is 0 Å². The summed E-state index contributed by atoms with van der Waals surface area (Å²) in [6.07, 6.45) is 1.20. The number of benzene rings is 2. The SMILES string of the molecule is COc1ccc(C(=O)N[C@H](c2ccccc2)C2CC(O)C2)cc1. The second-order valence-corrected chi connectivity index (χ2v) is 5.98. The van der Waals surface area contributed by atoms with Crippen LogP contribution in [0.3, 0.4) is 0 Å². The lowest BCUT2D eigenvalue weighted by Gasteiger charge is -2.38. The Morgan fingerprint density at radius 2 is 1.78 bits per heavy atom. The molecule has 0 unspecified atom stereocenters. The molecule has 1 atom stereocenters. The Morgan fingerprint density at radius 1 is 1.13 bits per heavy atom. The fourth-order valence-electron chi connectivity index (χ4n) is 3.00. The summed E-state index contributed by atoms with van der Waals surface area (Å²) in [7, 11) is 1.60. The Labute approximate surface area is 136 Å². The van der Waals surface area contributed by atoms with Crippen LogP contribution in [0.15, 0.2) is 54.6 Å². The third-order valence-corrected chi connectivity index (χ3v) is 4.42. The zero-order valence-corrected chi connectivity index (χ0v) is 13.1. The number of aliphatic hydroxyl groups is 1. The molecule has 0 spiro atoms. The summed E-state index contributed by atoms with van der Waals surface area (Å²) in [6.45, 7) is 0. The number of carbonyl (C=O) groups excluding carboxylic acids is 1. The first-order valence-electron chi connectivity index (χ1n) is 7.85. The molecule has 2 N–H and O–H groups in total. The van der Waals surface area contributed by atoms with Crippen molar-refractivity contribution in [2.24, 2.45) is 5.92 Å². The van der Waals surface area contributed by atoms with Gasteiger partial charge in [-0.2, -0.15) is 0 Å². The lowest BCUT2D eigenvalue weighted by Crippen LogP contribution is -2.41. The molecule has 3 rings (SSSR count). The molecule has 1 fully saturated rings. The first-order valence-corrected chi connectivity index (χ1v) is 7.85. The van der Waals surface area contributed by atoms with Gasteiger partial charge in [-0.1, -0.05) is 30.3 Å². The van der Waals surface area contributed by atoms with Gasteiger partial charge in [0, 0.05) is 5.56 Å². The van der Waals surface area contributed by atoms with Crippen molar-refractivity contribution >= 4 is 5.91 Å². The largest absolute Gasteiger partial charge is 0.497 e. The first kappa shape index (κ1) is 15.6. The topological polar surface area (TPSA) is 58.6 Å². The van der Waals surface area contributed by atoms with Crippen LogP contribution in [0.5, 0.6) is 5.75 Å². The summed E-state index contributed by atoms with van der Waals surface area (Å²) in [6, 6.07) is 16.9. The van der Waals surface area contributed by atoms with Crippen LogP contribution >= 0.6 is 0 Å². The predicted octanol–water partition coefficient (Wildman–Crippen LogP) is 2.94. The van der Waals surface area contributed by atoms with Crippen LogP contribution in [0.25, 0.3) is 0 Å². The maximum atomic E-state index is 12.5. The van der Waals surface area contributed by atoms with Gasteiger partial charge in [-0.3, -0.25) is 4.79 Å². The third kappa shape index (κ3) is 3.54. The summed E-state index contributed by atoms with van der Waals surface area (Å²) < 4.78 is 5.12. The zero-order valence-electron chi connectivity index (χ0n) is 13.1. The minimum absolute atomic E-state index is 0.0748. The van der Waals surface area contributed by atoms with Gasteiger partial charge in [-0.15, -0.1) is 0 Å². The lowest BCUT2D eigenvalue weighted by molar-refractivity contribution is 0.0235. The number of hydrogen-bond donors (Lipinski definition) is 2. The van der Waals surface area contributed by atoms with E-state index in [9.17, 15) is 9.90 Å². The second-order valence-electron chi connectivity index (χ2n) is 5.98. The van der Waals surface area contributed by atoms with E-state index >= 15 is 0 Å². The van der Waals surface area contributed by atoms with Gasteiger partial charge < -0.3 is 15.2 Å². The Hall–Kier alpha value is -2.33. The molecule has 2 aromatic rings. The number of carbonyl (C=O) groups is 1. The molecule has 1 saturated carbocycles. The smallest absolute Gasteiger partial charge is 0.251 e. The summed E-state index contributed by atoms with van der Waals surface area (Å²) in [5.74, 6) is 0.890. The molecule has 0 bridgehead atoms. The highest BCUT2D eigenvalue weighted by Crippen LogP contribution is 2.38. The monoisotopic (exact) mass is 311 g/mol. The van der Waals surface area contributed by atoms with E-state index in [1.807, 2.05) is 30.3 Å². The number of hydrogen-bond acceptors (Lipinski definition) is 3. The predicted molar refractivity (Wildman–Crippen MR) is 88.4 cm³/mol. The molecule has 4 heteroatoms. The van der Waals surface area contributed by atoms with Crippen LogP contribution in [0.1, 0.15) is 34.8 Å². The van der Waals surface area contributed by atoms with Crippen molar-refractivity contribution in [2.75, 3.05) is 7.11 Å². The van der Waals surface area contributed by atoms with E-state index in [0.717, 1.165) is 24.2 Å². The highest BCUT2D eigenvalue weighted by Gasteiger charge is 2.35. The highest BCUT2D eigenvalue weighted by molar-refractivity contribution is 5.94. The third-order valence-electron chi connectivity index (χ3n) is 4.42. The average molecular weight is 311 g/mol. The summed E-state index contributed by atoms with van der Waals surface area (Å²) >= 11 is 0. The van der Waals surface area contributed by atoms with E-state index in [1.165, 1.54) is 0 Å². The lowest BCUT2D eigenvalue weighted by atomic mass is 9.75. The normalized spacial score (nSPS) is 21.1. The standard InChI is InChI=1S/C19H21NO3/c1-23-17-9-7-14(8-10-17)19(22)20-18(15-11-16(21)12-15)13-5-3-2-4-6-13/h2-10,15-16,18,21H,11-12H2,1H3,(H,20,22)/t15?,16?,18-/m1/s1. The molecule has 0 heterocycles. The van der Waals surface area contributed by atoms with Gasteiger partial charge in [0.05, 0.1) is 19.3 Å². The van der Waals surface area contributed by atoms with Gasteiger partial charge in [0.1, 0.15) is 5.75 Å². The summed E-state index contributed by atoms with van der Waals surface area (Å²) in [5.41, 5.74) is 1.68. The quantitative estimate of drug-likeness (QED) is 0.892.